The minimum absolute atomic E-state index is 0.261. The van der Waals surface area contributed by atoms with Crippen LogP contribution in [0.25, 0.3) is 0 Å². The Balaban J connectivity index is 3.10. The van der Waals surface area contributed by atoms with Crippen molar-refractivity contribution in [3.8, 4) is 5.88 Å². The van der Waals surface area contributed by atoms with Crippen LogP contribution >= 0.6 is 11.3 Å². The van der Waals surface area contributed by atoms with Crippen molar-refractivity contribution >= 4 is 22.5 Å². The molecule has 0 saturated carbocycles. The maximum Gasteiger partial charge on any atom is 0.235 e. The first-order valence-corrected chi connectivity index (χ1v) is 5.20. The number of hydrogen-bond donors (Lipinski definition) is 0. The molecule has 0 amide bonds. The van der Waals surface area contributed by atoms with Crippen LogP contribution in [0.1, 0.15) is 17.8 Å². The van der Waals surface area contributed by atoms with Crippen LogP contribution < -0.4 is 9.64 Å². The van der Waals surface area contributed by atoms with E-state index in [0.29, 0.717) is 5.88 Å². The van der Waals surface area contributed by atoms with E-state index in [1.165, 1.54) is 11.3 Å². The fourth-order valence-electron chi connectivity index (χ4n) is 1.05. The highest BCUT2D eigenvalue weighted by molar-refractivity contribution is 7.16. The van der Waals surface area contributed by atoms with Gasteiger partial charge in [0.25, 0.3) is 0 Å². The van der Waals surface area contributed by atoms with Gasteiger partial charge in [0.05, 0.1) is 18.0 Å². The molecule has 0 aromatic carbocycles. The van der Waals surface area contributed by atoms with Gasteiger partial charge in [0.1, 0.15) is 0 Å². The van der Waals surface area contributed by atoms with E-state index in [2.05, 4.69) is 9.98 Å². The van der Waals surface area contributed by atoms with E-state index in [1.807, 2.05) is 19.0 Å². The molecule has 1 unspecified atom stereocenters. The standard InChI is InChI=1S/C9H13N3O2S/c1-6(10-5-13)7-8(14-4)11-9(15-7)12(2)3/h6H,1-4H3. The smallest absolute Gasteiger partial charge is 0.235 e. The summed E-state index contributed by atoms with van der Waals surface area (Å²) in [5.41, 5.74) is 0. The van der Waals surface area contributed by atoms with E-state index >= 15 is 0 Å². The molecule has 0 aliphatic rings. The van der Waals surface area contributed by atoms with Crippen molar-refractivity contribution in [2.75, 3.05) is 26.1 Å². The van der Waals surface area contributed by atoms with Crippen molar-refractivity contribution in [1.82, 2.24) is 4.98 Å². The predicted octanol–water partition coefficient (Wildman–Crippen LogP) is 1.61. The summed E-state index contributed by atoms with van der Waals surface area (Å²) < 4.78 is 5.13. The molecule has 82 valence electrons. The van der Waals surface area contributed by atoms with Crippen LogP contribution in [0.2, 0.25) is 0 Å². The molecule has 1 heterocycles. The molecule has 0 saturated heterocycles. The van der Waals surface area contributed by atoms with E-state index in [4.69, 9.17) is 4.74 Å². The number of isocyanates is 1. The number of rotatable bonds is 4. The molecule has 1 rings (SSSR count). The summed E-state index contributed by atoms with van der Waals surface area (Å²) in [5.74, 6) is 0.523. The maximum absolute atomic E-state index is 10.2. The van der Waals surface area contributed by atoms with E-state index in [0.717, 1.165) is 10.0 Å². The summed E-state index contributed by atoms with van der Waals surface area (Å²) in [5, 5.41) is 0.829. The zero-order valence-electron chi connectivity index (χ0n) is 9.14. The second-order valence-corrected chi connectivity index (χ2v) is 4.17. The van der Waals surface area contributed by atoms with Crippen LogP contribution in [0.4, 0.5) is 5.13 Å². The summed E-state index contributed by atoms with van der Waals surface area (Å²) >= 11 is 1.46. The van der Waals surface area contributed by atoms with Crippen LogP contribution in [0.3, 0.4) is 0 Å². The summed E-state index contributed by atoms with van der Waals surface area (Å²) in [6.07, 6.45) is 1.54. The Kier molecular flexibility index (Phi) is 3.82. The Morgan fingerprint density at radius 3 is 2.73 bits per heavy atom. The number of nitrogens with zero attached hydrogens (tertiary/aromatic N) is 3. The van der Waals surface area contributed by atoms with Gasteiger partial charge in [-0.3, -0.25) is 0 Å². The number of aliphatic imine (C=N–C) groups is 1. The lowest BCUT2D eigenvalue weighted by atomic mass is 10.3. The number of thiazole rings is 1. The van der Waals surface area contributed by atoms with Gasteiger partial charge < -0.3 is 9.64 Å². The molecule has 0 aliphatic heterocycles. The number of carbonyl (C=O) groups excluding carboxylic acids is 1. The predicted molar refractivity (Wildman–Crippen MR) is 59.5 cm³/mol. The van der Waals surface area contributed by atoms with Crippen LogP contribution in [-0.2, 0) is 4.79 Å². The summed E-state index contributed by atoms with van der Waals surface area (Å²) in [7, 11) is 5.35. The average molecular weight is 227 g/mol. The van der Waals surface area contributed by atoms with E-state index in [9.17, 15) is 4.79 Å². The molecule has 1 aromatic rings. The van der Waals surface area contributed by atoms with Crippen LogP contribution in [0.5, 0.6) is 5.88 Å². The van der Waals surface area contributed by atoms with Gasteiger partial charge in [0.15, 0.2) is 5.13 Å². The molecule has 5 nitrogen and oxygen atoms in total. The third kappa shape index (κ3) is 2.55. The molecule has 0 spiro atoms. The molecular formula is C9H13N3O2S. The Morgan fingerprint density at radius 1 is 1.60 bits per heavy atom. The normalized spacial score (nSPS) is 11.7. The van der Waals surface area contributed by atoms with Crippen LogP contribution in [0.15, 0.2) is 4.99 Å². The quantitative estimate of drug-likeness (QED) is 0.579. The van der Waals surface area contributed by atoms with Crippen molar-refractivity contribution in [3.05, 3.63) is 4.88 Å². The highest BCUT2D eigenvalue weighted by Crippen LogP contribution is 2.36. The first-order valence-electron chi connectivity index (χ1n) is 4.39. The average Bonchev–Trinajstić information content (AvgIpc) is 2.61. The first kappa shape index (κ1) is 11.7. The van der Waals surface area contributed by atoms with Crippen molar-refractivity contribution in [2.24, 2.45) is 4.99 Å². The van der Waals surface area contributed by atoms with E-state index in [1.54, 1.807) is 20.1 Å². The fourth-order valence-corrected chi connectivity index (χ4v) is 1.99. The lowest BCUT2D eigenvalue weighted by Crippen LogP contribution is -2.07. The number of ether oxygens (including phenoxy) is 1. The number of aromatic nitrogens is 1. The Labute approximate surface area is 92.4 Å². The van der Waals surface area contributed by atoms with Crippen molar-refractivity contribution in [3.63, 3.8) is 0 Å². The first-order chi connectivity index (χ1) is 7.10. The van der Waals surface area contributed by atoms with Gasteiger partial charge in [-0.25, -0.2) is 4.79 Å². The zero-order valence-corrected chi connectivity index (χ0v) is 9.96. The number of anilines is 1. The molecule has 0 bridgehead atoms. The fraction of sp³-hybridized carbons (Fsp3) is 0.556. The Morgan fingerprint density at radius 2 is 2.27 bits per heavy atom. The third-order valence-corrected chi connectivity index (χ3v) is 3.19. The SMILES string of the molecule is COc1nc(N(C)C)sc1C(C)N=C=O. The monoisotopic (exact) mass is 227 g/mol. The number of methoxy groups -OCH3 is 1. The van der Waals surface area contributed by atoms with E-state index < -0.39 is 0 Å². The van der Waals surface area contributed by atoms with Crippen LogP contribution in [-0.4, -0.2) is 32.3 Å². The minimum atomic E-state index is -0.261. The van der Waals surface area contributed by atoms with Crippen LogP contribution in [0, 0.1) is 0 Å². The second kappa shape index (κ2) is 4.91. The van der Waals surface area contributed by atoms with Gasteiger partial charge in [-0.1, -0.05) is 11.3 Å². The maximum atomic E-state index is 10.2. The summed E-state index contributed by atoms with van der Waals surface area (Å²) in [6, 6.07) is -0.261. The van der Waals surface area contributed by atoms with Crippen molar-refractivity contribution in [1.29, 1.82) is 0 Å². The molecule has 0 N–H and O–H groups in total. The summed E-state index contributed by atoms with van der Waals surface area (Å²) in [6.45, 7) is 1.81. The van der Waals surface area contributed by atoms with Gasteiger partial charge in [-0.05, 0) is 6.92 Å². The largest absolute Gasteiger partial charge is 0.480 e. The lowest BCUT2D eigenvalue weighted by molar-refractivity contribution is 0.394. The molecule has 0 aliphatic carbocycles. The third-order valence-electron chi connectivity index (χ3n) is 1.81. The van der Waals surface area contributed by atoms with Gasteiger partial charge >= 0.3 is 0 Å². The molecule has 1 aromatic heterocycles. The molecule has 0 fully saturated rings. The topological polar surface area (TPSA) is 54.8 Å². The van der Waals surface area contributed by atoms with Gasteiger partial charge in [0, 0.05) is 14.1 Å². The Hall–Kier alpha value is -1.39. The van der Waals surface area contributed by atoms with Gasteiger partial charge in [0.2, 0.25) is 12.0 Å². The van der Waals surface area contributed by atoms with Crippen molar-refractivity contribution in [2.45, 2.75) is 13.0 Å². The zero-order chi connectivity index (χ0) is 11.4. The van der Waals surface area contributed by atoms with Gasteiger partial charge in [-0.15, -0.1) is 0 Å². The molecule has 15 heavy (non-hydrogen) atoms. The van der Waals surface area contributed by atoms with Crippen molar-refractivity contribution < 1.29 is 9.53 Å². The minimum Gasteiger partial charge on any atom is -0.480 e. The van der Waals surface area contributed by atoms with Gasteiger partial charge in [-0.2, -0.15) is 9.98 Å². The molecule has 0 radical (unpaired) electrons. The highest BCUT2D eigenvalue weighted by atomic mass is 32.1. The Bertz CT molecular complexity index is 383. The molecule has 6 heteroatoms. The second-order valence-electron chi connectivity index (χ2n) is 3.16. The summed E-state index contributed by atoms with van der Waals surface area (Å²) in [4.78, 5) is 20.8. The number of hydrogen-bond acceptors (Lipinski definition) is 6. The lowest BCUT2D eigenvalue weighted by Gasteiger charge is -2.05. The highest BCUT2D eigenvalue weighted by Gasteiger charge is 2.18. The van der Waals surface area contributed by atoms with E-state index in [-0.39, 0.29) is 6.04 Å². The molecule has 1 atom stereocenters. The molecular weight excluding hydrogens is 214 g/mol.